The molecule has 0 radical (unpaired) electrons. The first-order valence-electron chi connectivity index (χ1n) is 7.05. The highest BCUT2D eigenvalue weighted by Gasteiger charge is 2.05. The molecular weight excluding hydrogens is 314 g/mol. The Bertz CT molecular complexity index is 713. The van der Waals surface area contributed by atoms with Crippen LogP contribution in [0.2, 0.25) is 5.02 Å². The van der Waals surface area contributed by atoms with Crippen LogP contribution in [-0.2, 0) is 11.3 Å². The maximum Gasteiger partial charge on any atom is 0.244 e. The Morgan fingerprint density at radius 3 is 2.57 bits per heavy atom. The second-order valence-corrected chi connectivity index (χ2v) is 5.17. The van der Waals surface area contributed by atoms with Crippen LogP contribution >= 0.6 is 11.6 Å². The van der Waals surface area contributed by atoms with Gasteiger partial charge in [0.1, 0.15) is 0 Å². The molecule has 1 N–H and O–H groups in total. The number of rotatable bonds is 6. The molecule has 0 saturated heterocycles. The maximum absolute atomic E-state index is 11.9. The van der Waals surface area contributed by atoms with Gasteiger partial charge in [-0.1, -0.05) is 35.9 Å². The Morgan fingerprint density at radius 1 is 1.13 bits per heavy atom. The van der Waals surface area contributed by atoms with Gasteiger partial charge in [0.25, 0.3) is 0 Å². The standard InChI is InChI=1S/C18H18ClNO3/c1-22-16-9-7-13(11-17(16)23-2)12-20-18(21)10-8-14-5-3-4-6-15(14)19/h3-11H,12H2,1-2H3,(H,20,21)/b10-8+. The number of halogens is 1. The molecule has 0 unspecified atom stereocenters. The van der Waals surface area contributed by atoms with Crippen molar-refractivity contribution >= 4 is 23.6 Å². The van der Waals surface area contributed by atoms with Gasteiger partial charge >= 0.3 is 0 Å². The molecule has 0 heterocycles. The molecule has 4 nitrogen and oxygen atoms in total. The van der Waals surface area contributed by atoms with Gasteiger partial charge in [-0.3, -0.25) is 4.79 Å². The lowest BCUT2D eigenvalue weighted by Gasteiger charge is -2.09. The van der Waals surface area contributed by atoms with Gasteiger partial charge in [0.15, 0.2) is 11.5 Å². The van der Waals surface area contributed by atoms with Crippen LogP contribution in [-0.4, -0.2) is 20.1 Å². The number of ether oxygens (including phenoxy) is 2. The molecule has 2 aromatic carbocycles. The Morgan fingerprint density at radius 2 is 1.87 bits per heavy atom. The molecule has 1 amide bonds. The zero-order valence-corrected chi connectivity index (χ0v) is 13.8. The lowest BCUT2D eigenvalue weighted by atomic mass is 10.2. The zero-order chi connectivity index (χ0) is 16.7. The monoisotopic (exact) mass is 331 g/mol. The number of carbonyl (C=O) groups excluding carboxylic acids is 1. The Labute approximate surface area is 140 Å². The first-order valence-corrected chi connectivity index (χ1v) is 7.43. The molecule has 0 spiro atoms. The van der Waals surface area contributed by atoms with Gasteiger partial charge in [0.05, 0.1) is 14.2 Å². The fourth-order valence-electron chi connectivity index (χ4n) is 2.01. The highest BCUT2D eigenvalue weighted by Crippen LogP contribution is 2.27. The molecule has 0 aliphatic carbocycles. The van der Waals surface area contributed by atoms with Crippen LogP contribution in [0.1, 0.15) is 11.1 Å². The fourth-order valence-corrected chi connectivity index (χ4v) is 2.21. The average molecular weight is 332 g/mol. The smallest absolute Gasteiger partial charge is 0.244 e. The van der Waals surface area contributed by atoms with Gasteiger partial charge in [-0.2, -0.15) is 0 Å². The maximum atomic E-state index is 11.9. The lowest BCUT2D eigenvalue weighted by molar-refractivity contribution is -0.116. The van der Waals surface area contributed by atoms with Gasteiger partial charge < -0.3 is 14.8 Å². The van der Waals surface area contributed by atoms with E-state index in [2.05, 4.69) is 5.32 Å². The van der Waals surface area contributed by atoms with E-state index in [0.29, 0.717) is 23.1 Å². The molecule has 0 atom stereocenters. The summed E-state index contributed by atoms with van der Waals surface area (Å²) in [5.74, 6) is 1.09. The third kappa shape index (κ3) is 4.76. The Balaban J connectivity index is 1.95. The lowest BCUT2D eigenvalue weighted by Crippen LogP contribution is -2.20. The van der Waals surface area contributed by atoms with Crippen molar-refractivity contribution in [2.75, 3.05) is 14.2 Å². The van der Waals surface area contributed by atoms with Gasteiger partial charge in [-0.05, 0) is 35.4 Å². The summed E-state index contributed by atoms with van der Waals surface area (Å²) >= 11 is 6.03. The van der Waals surface area contributed by atoms with Gasteiger partial charge in [-0.15, -0.1) is 0 Å². The van der Waals surface area contributed by atoms with E-state index < -0.39 is 0 Å². The minimum absolute atomic E-state index is 0.195. The highest BCUT2D eigenvalue weighted by molar-refractivity contribution is 6.32. The summed E-state index contributed by atoms with van der Waals surface area (Å²) in [7, 11) is 3.16. The van der Waals surface area contributed by atoms with Crippen molar-refractivity contribution in [1.82, 2.24) is 5.32 Å². The van der Waals surface area contributed by atoms with Crippen molar-refractivity contribution in [1.29, 1.82) is 0 Å². The van der Waals surface area contributed by atoms with Crippen molar-refractivity contribution in [2.45, 2.75) is 6.54 Å². The molecule has 0 aliphatic rings. The number of methoxy groups -OCH3 is 2. The number of carbonyl (C=O) groups is 1. The van der Waals surface area contributed by atoms with Crippen molar-refractivity contribution in [2.24, 2.45) is 0 Å². The molecule has 120 valence electrons. The zero-order valence-electron chi connectivity index (χ0n) is 13.0. The summed E-state index contributed by atoms with van der Waals surface area (Å²) < 4.78 is 10.4. The van der Waals surface area contributed by atoms with Crippen molar-refractivity contribution in [3.05, 3.63) is 64.7 Å². The number of nitrogens with one attached hydrogen (secondary N) is 1. The van der Waals surface area contributed by atoms with Crippen LogP contribution in [0, 0.1) is 0 Å². The molecule has 5 heteroatoms. The van der Waals surface area contributed by atoms with E-state index >= 15 is 0 Å². The summed E-state index contributed by atoms with van der Waals surface area (Å²) in [6, 6.07) is 12.9. The normalized spacial score (nSPS) is 10.6. The summed E-state index contributed by atoms with van der Waals surface area (Å²) in [4.78, 5) is 11.9. The molecule has 0 saturated carbocycles. The summed E-state index contributed by atoms with van der Waals surface area (Å²) in [5, 5.41) is 3.42. The highest BCUT2D eigenvalue weighted by atomic mass is 35.5. The van der Waals surface area contributed by atoms with E-state index in [-0.39, 0.29) is 5.91 Å². The Kier molecular flexibility index (Phi) is 6.06. The third-order valence-corrected chi connectivity index (χ3v) is 3.58. The summed E-state index contributed by atoms with van der Waals surface area (Å²) in [5.41, 5.74) is 1.72. The molecule has 2 aromatic rings. The first-order chi connectivity index (χ1) is 11.1. The second-order valence-electron chi connectivity index (χ2n) is 4.76. The van der Waals surface area contributed by atoms with Crippen molar-refractivity contribution in [3.63, 3.8) is 0 Å². The van der Waals surface area contributed by atoms with Crippen LogP contribution in [0.3, 0.4) is 0 Å². The van der Waals surface area contributed by atoms with E-state index in [1.807, 2.05) is 30.3 Å². The number of hydrogen-bond acceptors (Lipinski definition) is 3. The Hall–Kier alpha value is -2.46. The quantitative estimate of drug-likeness (QED) is 0.821. The van der Waals surface area contributed by atoms with Crippen molar-refractivity contribution < 1.29 is 14.3 Å². The van der Waals surface area contributed by atoms with Crippen LogP contribution in [0.15, 0.2) is 48.5 Å². The summed E-state index contributed by atoms with van der Waals surface area (Å²) in [6.07, 6.45) is 3.15. The molecule has 2 rings (SSSR count). The van der Waals surface area contributed by atoms with E-state index in [1.165, 1.54) is 6.08 Å². The molecule has 0 aliphatic heterocycles. The van der Waals surface area contributed by atoms with E-state index in [9.17, 15) is 4.79 Å². The van der Waals surface area contributed by atoms with Crippen LogP contribution < -0.4 is 14.8 Å². The largest absolute Gasteiger partial charge is 0.493 e. The summed E-state index contributed by atoms with van der Waals surface area (Å²) in [6.45, 7) is 0.395. The van der Waals surface area contributed by atoms with E-state index in [0.717, 1.165) is 11.1 Å². The fraction of sp³-hybridized carbons (Fsp3) is 0.167. The number of benzene rings is 2. The SMILES string of the molecule is COc1ccc(CNC(=O)/C=C/c2ccccc2Cl)cc1OC. The van der Waals surface area contributed by atoms with Gasteiger partial charge in [0, 0.05) is 17.6 Å². The molecule has 0 fully saturated rings. The average Bonchev–Trinajstić information content (AvgIpc) is 2.58. The van der Waals surface area contributed by atoms with Crippen molar-refractivity contribution in [3.8, 4) is 11.5 Å². The predicted octanol–water partition coefficient (Wildman–Crippen LogP) is 3.69. The van der Waals surface area contributed by atoms with E-state index in [1.54, 1.807) is 32.4 Å². The molecule has 23 heavy (non-hydrogen) atoms. The number of hydrogen-bond donors (Lipinski definition) is 1. The third-order valence-electron chi connectivity index (χ3n) is 3.23. The van der Waals surface area contributed by atoms with Crippen LogP contribution in [0.4, 0.5) is 0 Å². The molecule has 0 bridgehead atoms. The predicted molar refractivity (Wildman–Crippen MR) is 91.9 cm³/mol. The van der Waals surface area contributed by atoms with E-state index in [4.69, 9.17) is 21.1 Å². The second kappa shape index (κ2) is 8.25. The minimum Gasteiger partial charge on any atom is -0.493 e. The molecule has 0 aromatic heterocycles. The van der Waals surface area contributed by atoms with Gasteiger partial charge in [0.2, 0.25) is 5.91 Å². The minimum atomic E-state index is -0.195. The van der Waals surface area contributed by atoms with Gasteiger partial charge in [-0.25, -0.2) is 0 Å². The van der Waals surface area contributed by atoms with Crippen LogP contribution in [0.5, 0.6) is 11.5 Å². The topological polar surface area (TPSA) is 47.6 Å². The first kappa shape index (κ1) is 16.9. The molecular formula is C18H18ClNO3. The van der Waals surface area contributed by atoms with Crippen LogP contribution in [0.25, 0.3) is 6.08 Å². The number of amides is 1.